The van der Waals surface area contributed by atoms with Gasteiger partial charge < -0.3 is 14.8 Å². The molecule has 0 radical (unpaired) electrons. The predicted molar refractivity (Wildman–Crippen MR) is 61.2 cm³/mol. The topological polar surface area (TPSA) is 62.5 Å². The first-order chi connectivity index (χ1) is 7.70. The zero-order valence-electron chi connectivity index (χ0n) is 9.61. The highest BCUT2D eigenvalue weighted by Gasteiger charge is 2.06. The minimum absolute atomic E-state index is 0.217. The largest absolute Gasteiger partial charge is 0.481 e. The highest BCUT2D eigenvalue weighted by molar-refractivity contribution is 5.66. The molecule has 0 saturated heterocycles. The van der Waals surface area contributed by atoms with Crippen LogP contribution in [0, 0.1) is 0 Å². The average Bonchev–Trinajstić information content (AvgIpc) is 2.75. The smallest absolute Gasteiger partial charge is 0.303 e. The molecule has 1 aromatic heterocycles. The number of carboxylic acid groups (broad SMARTS) is 1. The summed E-state index contributed by atoms with van der Waals surface area (Å²) in [4.78, 5) is 10.3. The molecule has 1 atom stereocenters. The van der Waals surface area contributed by atoms with Gasteiger partial charge in [0, 0.05) is 6.42 Å². The molecule has 90 valence electrons. The van der Waals surface area contributed by atoms with Crippen LogP contribution in [0.2, 0.25) is 0 Å². The second-order valence-corrected chi connectivity index (χ2v) is 3.90. The van der Waals surface area contributed by atoms with Crippen LogP contribution in [0.25, 0.3) is 0 Å². The summed E-state index contributed by atoms with van der Waals surface area (Å²) >= 11 is 0. The standard InChI is InChI=1S/C12H19NO3/c1-10(11-6-5-9-16-11)13-8-4-2-3-7-12(14)15/h5-6,9-10,13H,2-4,7-8H2,1H3,(H,14,15)/t10-/m1/s1. The summed E-state index contributed by atoms with van der Waals surface area (Å²) in [6, 6.07) is 4.04. The van der Waals surface area contributed by atoms with E-state index in [0.717, 1.165) is 31.6 Å². The molecular formula is C12H19NO3. The van der Waals surface area contributed by atoms with Gasteiger partial charge in [0.25, 0.3) is 0 Å². The van der Waals surface area contributed by atoms with E-state index >= 15 is 0 Å². The van der Waals surface area contributed by atoms with E-state index in [1.807, 2.05) is 12.1 Å². The lowest BCUT2D eigenvalue weighted by Crippen LogP contribution is -2.19. The van der Waals surface area contributed by atoms with Gasteiger partial charge in [-0.25, -0.2) is 0 Å². The van der Waals surface area contributed by atoms with Gasteiger partial charge in [-0.1, -0.05) is 6.42 Å². The van der Waals surface area contributed by atoms with Crippen molar-refractivity contribution in [1.82, 2.24) is 5.32 Å². The van der Waals surface area contributed by atoms with Gasteiger partial charge in [-0.3, -0.25) is 4.79 Å². The number of carbonyl (C=O) groups is 1. The van der Waals surface area contributed by atoms with Crippen molar-refractivity contribution in [3.63, 3.8) is 0 Å². The number of rotatable bonds is 8. The summed E-state index contributed by atoms with van der Waals surface area (Å²) in [5.74, 6) is 0.224. The fourth-order valence-electron chi connectivity index (χ4n) is 1.53. The zero-order valence-corrected chi connectivity index (χ0v) is 9.61. The van der Waals surface area contributed by atoms with Crippen molar-refractivity contribution in [3.05, 3.63) is 24.2 Å². The van der Waals surface area contributed by atoms with E-state index in [-0.39, 0.29) is 12.5 Å². The average molecular weight is 225 g/mol. The quantitative estimate of drug-likeness (QED) is 0.667. The Morgan fingerprint density at radius 2 is 2.31 bits per heavy atom. The summed E-state index contributed by atoms with van der Waals surface area (Å²) in [5, 5.41) is 11.8. The summed E-state index contributed by atoms with van der Waals surface area (Å²) in [7, 11) is 0. The number of carboxylic acids is 1. The Kier molecular flexibility index (Phi) is 5.64. The molecular weight excluding hydrogens is 206 g/mol. The highest BCUT2D eigenvalue weighted by Crippen LogP contribution is 2.12. The molecule has 1 heterocycles. The van der Waals surface area contributed by atoms with Gasteiger partial charge in [-0.05, 0) is 38.4 Å². The molecule has 0 aliphatic rings. The third-order valence-electron chi connectivity index (χ3n) is 2.49. The Bertz CT molecular complexity index is 295. The molecule has 0 bridgehead atoms. The lowest BCUT2D eigenvalue weighted by Gasteiger charge is -2.10. The van der Waals surface area contributed by atoms with Gasteiger partial charge in [0.15, 0.2) is 0 Å². The SMILES string of the molecule is C[C@@H](NCCCCCC(=O)O)c1ccco1. The molecule has 16 heavy (non-hydrogen) atoms. The van der Waals surface area contributed by atoms with Crippen LogP contribution in [-0.4, -0.2) is 17.6 Å². The van der Waals surface area contributed by atoms with Crippen molar-refractivity contribution >= 4 is 5.97 Å². The minimum atomic E-state index is -0.711. The van der Waals surface area contributed by atoms with Crippen LogP contribution >= 0.6 is 0 Å². The van der Waals surface area contributed by atoms with E-state index in [0.29, 0.717) is 0 Å². The van der Waals surface area contributed by atoms with Crippen molar-refractivity contribution in [2.45, 2.75) is 38.6 Å². The van der Waals surface area contributed by atoms with Crippen molar-refractivity contribution in [3.8, 4) is 0 Å². The van der Waals surface area contributed by atoms with Crippen LogP contribution in [0.4, 0.5) is 0 Å². The van der Waals surface area contributed by atoms with Crippen molar-refractivity contribution < 1.29 is 14.3 Å². The van der Waals surface area contributed by atoms with E-state index in [1.54, 1.807) is 6.26 Å². The van der Waals surface area contributed by atoms with Gasteiger partial charge in [0.2, 0.25) is 0 Å². The normalized spacial score (nSPS) is 12.6. The molecule has 0 saturated carbocycles. The van der Waals surface area contributed by atoms with Crippen LogP contribution in [0.3, 0.4) is 0 Å². The molecule has 0 unspecified atom stereocenters. The maximum absolute atomic E-state index is 10.3. The molecule has 0 aromatic carbocycles. The first-order valence-electron chi connectivity index (χ1n) is 5.68. The third kappa shape index (κ3) is 4.98. The van der Waals surface area contributed by atoms with E-state index in [2.05, 4.69) is 12.2 Å². The summed E-state index contributed by atoms with van der Waals surface area (Å²) < 4.78 is 5.26. The Labute approximate surface area is 95.7 Å². The first kappa shape index (κ1) is 12.8. The zero-order chi connectivity index (χ0) is 11.8. The first-order valence-corrected chi connectivity index (χ1v) is 5.68. The Balaban J connectivity index is 2.01. The molecule has 1 rings (SSSR count). The molecule has 0 aliphatic carbocycles. The molecule has 0 fully saturated rings. The van der Waals surface area contributed by atoms with E-state index < -0.39 is 5.97 Å². The number of hydrogen-bond donors (Lipinski definition) is 2. The molecule has 0 aliphatic heterocycles. The van der Waals surface area contributed by atoms with E-state index in [4.69, 9.17) is 9.52 Å². The van der Waals surface area contributed by atoms with Gasteiger partial charge >= 0.3 is 5.97 Å². The van der Waals surface area contributed by atoms with Gasteiger partial charge in [0.05, 0.1) is 12.3 Å². The summed E-state index contributed by atoms with van der Waals surface area (Å²) in [5.41, 5.74) is 0. The summed E-state index contributed by atoms with van der Waals surface area (Å²) in [6.45, 7) is 2.94. The lowest BCUT2D eigenvalue weighted by atomic mass is 10.2. The molecule has 0 spiro atoms. The van der Waals surface area contributed by atoms with E-state index in [1.165, 1.54) is 0 Å². The Hall–Kier alpha value is -1.29. The molecule has 0 amide bonds. The molecule has 2 N–H and O–H groups in total. The number of aliphatic carboxylic acids is 1. The number of furan rings is 1. The molecule has 4 nitrogen and oxygen atoms in total. The maximum Gasteiger partial charge on any atom is 0.303 e. The van der Waals surface area contributed by atoms with Crippen molar-refractivity contribution in [2.24, 2.45) is 0 Å². The van der Waals surface area contributed by atoms with Crippen LogP contribution in [0.15, 0.2) is 22.8 Å². The second-order valence-electron chi connectivity index (χ2n) is 3.90. The number of nitrogens with one attached hydrogen (secondary N) is 1. The molecule has 4 heteroatoms. The van der Waals surface area contributed by atoms with Crippen molar-refractivity contribution in [2.75, 3.05) is 6.54 Å². The fourth-order valence-corrected chi connectivity index (χ4v) is 1.53. The maximum atomic E-state index is 10.3. The monoisotopic (exact) mass is 225 g/mol. The Morgan fingerprint density at radius 1 is 1.50 bits per heavy atom. The van der Waals surface area contributed by atoms with Crippen LogP contribution in [0.5, 0.6) is 0 Å². The highest BCUT2D eigenvalue weighted by atomic mass is 16.4. The molecule has 1 aromatic rings. The number of unbranched alkanes of at least 4 members (excludes halogenated alkanes) is 2. The van der Waals surface area contributed by atoms with Gasteiger partial charge in [-0.15, -0.1) is 0 Å². The van der Waals surface area contributed by atoms with Gasteiger partial charge in [0.1, 0.15) is 5.76 Å². The number of hydrogen-bond acceptors (Lipinski definition) is 3. The van der Waals surface area contributed by atoms with Crippen LogP contribution < -0.4 is 5.32 Å². The third-order valence-corrected chi connectivity index (χ3v) is 2.49. The van der Waals surface area contributed by atoms with Crippen LogP contribution in [0.1, 0.15) is 44.4 Å². The van der Waals surface area contributed by atoms with E-state index in [9.17, 15) is 4.79 Å². The Morgan fingerprint density at radius 3 is 2.94 bits per heavy atom. The second kappa shape index (κ2) is 7.06. The van der Waals surface area contributed by atoms with Crippen molar-refractivity contribution in [1.29, 1.82) is 0 Å². The van der Waals surface area contributed by atoms with Crippen LogP contribution in [-0.2, 0) is 4.79 Å². The lowest BCUT2D eigenvalue weighted by molar-refractivity contribution is -0.137. The minimum Gasteiger partial charge on any atom is -0.481 e. The summed E-state index contributed by atoms with van der Waals surface area (Å²) in [6.07, 6.45) is 4.64. The predicted octanol–water partition coefficient (Wildman–Crippen LogP) is 2.58. The fraction of sp³-hybridized carbons (Fsp3) is 0.583. The van der Waals surface area contributed by atoms with Gasteiger partial charge in [-0.2, -0.15) is 0 Å².